The Hall–Kier alpha value is -0.890. The standard InChI is InChI=1S/C14H22N2/c1-13(2)8-4-5-9-14(13,15)11-12-7-3-6-10-16-12/h3,6-7,10H,4-5,8-9,11,15H2,1-2H3. The SMILES string of the molecule is CC1(C)CCCCC1(N)Cc1ccccn1. The Morgan fingerprint density at radius 1 is 1.25 bits per heavy atom. The van der Waals surface area contributed by atoms with Crippen LogP contribution >= 0.6 is 0 Å². The van der Waals surface area contributed by atoms with Crippen LogP contribution in [0.2, 0.25) is 0 Å². The molecule has 0 saturated heterocycles. The lowest BCUT2D eigenvalue weighted by Gasteiger charge is -2.48. The smallest absolute Gasteiger partial charge is 0.0422 e. The van der Waals surface area contributed by atoms with E-state index in [0.29, 0.717) is 0 Å². The second kappa shape index (κ2) is 4.17. The molecule has 0 spiro atoms. The summed E-state index contributed by atoms with van der Waals surface area (Å²) < 4.78 is 0. The summed E-state index contributed by atoms with van der Waals surface area (Å²) in [5, 5.41) is 0. The largest absolute Gasteiger partial charge is 0.324 e. The molecule has 1 fully saturated rings. The lowest BCUT2D eigenvalue weighted by atomic mass is 9.62. The van der Waals surface area contributed by atoms with Crippen molar-refractivity contribution in [1.82, 2.24) is 4.98 Å². The number of aromatic nitrogens is 1. The van der Waals surface area contributed by atoms with E-state index in [1.807, 2.05) is 18.3 Å². The minimum absolute atomic E-state index is 0.0837. The third kappa shape index (κ3) is 2.12. The van der Waals surface area contributed by atoms with E-state index in [0.717, 1.165) is 18.5 Å². The summed E-state index contributed by atoms with van der Waals surface area (Å²) in [5.74, 6) is 0. The van der Waals surface area contributed by atoms with Gasteiger partial charge in [-0.1, -0.05) is 32.8 Å². The quantitative estimate of drug-likeness (QED) is 0.829. The average Bonchev–Trinajstić information content (AvgIpc) is 2.24. The molecule has 0 bridgehead atoms. The van der Waals surface area contributed by atoms with Crippen LogP contribution in [0.3, 0.4) is 0 Å². The maximum Gasteiger partial charge on any atom is 0.0422 e. The maximum absolute atomic E-state index is 6.63. The topological polar surface area (TPSA) is 38.9 Å². The van der Waals surface area contributed by atoms with Crippen molar-refractivity contribution in [2.24, 2.45) is 11.1 Å². The van der Waals surface area contributed by atoms with Crippen LogP contribution in [0.15, 0.2) is 24.4 Å². The van der Waals surface area contributed by atoms with Gasteiger partial charge < -0.3 is 5.73 Å². The van der Waals surface area contributed by atoms with Crippen LogP contribution in [-0.2, 0) is 6.42 Å². The van der Waals surface area contributed by atoms with Crippen LogP contribution < -0.4 is 5.73 Å². The van der Waals surface area contributed by atoms with E-state index in [1.165, 1.54) is 19.3 Å². The number of rotatable bonds is 2. The van der Waals surface area contributed by atoms with Crippen molar-refractivity contribution in [2.75, 3.05) is 0 Å². The third-order valence-electron chi connectivity index (χ3n) is 4.25. The molecule has 0 amide bonds. The summed E-state index contributed by atoms with van der Waals surface area (Å²) >= 11 is 0. The van der Waals surface area contributed by atoms with E-state index in [-0.39, 0.29) is 11.0 Å². The van der Waals surface area contributed by atoms with E-state index in [4.69, 9.17) is 5.73 Å². The molecule has 0 aliphatic heterocycles. The summed E-state index contributed by atoms with van der Waals surface area (Å²) in [6.45, 7) is 4.60. The van der Waals surface area contributed by atoms with E-state index < -0.39 is 0 Å². The van der Waals surface area contributed by atoms with Gasteiger partial charge in [-0.3, -0.25) is 4.98 Å². The van der Waals surface area contributed by atoms with Gasteiger partial charge in [-0.15, -0.1) is 0 Å². The van der Waals surface area contributed by atoms with Gasteiger partial charge in [0.05, 0.1) is 0 Å². The minimum atomic E-state index is -0.0837. The van der Waals surface area contributed by atoms with Crippen molar-refractivity contribution in [1.29, 1.82) is 0 Å². The van der Waals surface area contributed by atoms with Gasteiger partial charge in [0.15, 0.2) is 0 Å². The summed E-state index contributed by atoms with van der Waals surface area (Å²) in [7, 11) is 0. The third-order valence-corrected chi connectivity index (χ3v) is 4.25. The Bertz CT molecular complexity index is 345. The summed E-state index contributed by atoms with van der Waals surface area (Å²) in [5.41, 5.74) is 7.90. The summed E-state index contributed by atoms with van der Waals surface area (Å²) in [4.78, 5) is 4.40. The second-order valence-corrected chi connectivity index (χ2v) is 5.74. The van der Waals surface area contributed by atoms with E-state index in [2.05, 4.69) is 24.9 Å². The molecule has 0 radical (unpaired) electrons. The van der Waals surface area contributed by atoms with Crippen LogP contribution in [0.25, 0.3) is 0 Å². The van der Waals surface area contributed by atoms with Gasteiger partial charge in [-0.25, -0.2) is 0 Å². The van der Waals surface area contributed by atoms with Gasteiger partial charge in [-0.05, 0) is 30.4 Å². The fourth-order valence-corrected chi connectivity index (χ4v) is 2.75. The highest BCUT2D eigenvalue weighted by atomic mass is 14.8. The van der Waals surface area contributed by atoms with Gasteiger partial charge in [0, 0.05) is 23.9 Å². The molecule has 1 unspecified atom stereocenters. The zero-order valence-electron chi connectivity index (χ0n) is 10.4. The Kier molecular flexibility index (Phi) is 3.02. The number of hydrogen-bond acceptors (Lipinski definition) is 2. The zero-order chi connectivity index (χ0) is 11.6. The zero-order valence-corrected chi connectivity index (χ0v) is 10.4. The van der Waals surface area contributed by atoms with Crippen molar-refractivity contribution >= 4 is 0 Å². The first kappa shape index (κ1) is 11.6. The van der Waals surface area contributed by atoms with Crippen LogP contribution in [0.5, 0.6) is 0 Å². The van der Waals surface area contributed by atoms with Crippen molar-refractivity contribution in [3.8, 4) is 0 Å². The fraction of sp³-hybridized carbons (Fsp3) is 0.643. The Labute approximate surface area is 98.3 Å². The van der Waals surface area contributed by atoms with Crippen molar-refractivity contribution < 1.29 is 0 Å². The van der Waals surface area contributed by atoms with Crippen LogP contribution in [0.4, 0.5) is 0 Å². The Morgan fingerprint density at radius 3 is 2.62 bits per heavy atom. The molecule has 1 aromatic rings. The Morgan fingerprint density at radius 2 is 2.00 bits per heavy atom. The molecule has 0 aromatic carbocycles. The molecular weight excluding hydrogens is 196 g/mol. The first-order chi connectivity index (χ1) is 7.54. The molecule has 2 heteroatoms. The highest BCUT2D eigenvalue weighted by Crippen LogP contribution is 2.43. The number of nitrogens with zero attached hydrogens (tertiary/aromatic N) is 1. The highest BCUT2D eigenvalue weighted by Gasteiger charge is 2.43. The number of hydrogen-bond donors (Lipinski definition) is 1. The molecule has 2 N–H and O–H groups in total. The lowest BCUT2D eigenvalue weighted by molar-refractivity contribution is 0.0981. The minimum Gasteiger partial charge on any atom is -0.324 e. The molecule has 1 aliphatic carbocycles. The van der Waals surface area contributed by atoms with Crippen molar-refractivity contribution in [2.45, 2.75) is 51.5 Å². The first-order valence-corrected chi connectivity index (χ1v) is 6.22. The average molecular weight is 218 g/mol. The molecule has 1 heterocycles. The number of nitrogens with two attached hydrogens (primary N) is 1. The van der Waals surface area contributed by atoms with Gasteiger partial charge in [0.25, 0.3) is 0 Å². The van der Waals surface area contributed by atoms with E-state index in [9.17, 15) is 0 Å². The molecule has 2 nitrogen and oxygen atoms in total. The molecule has 1 aromatic heterocycles. The van der Waals surface area contributed by atoms with E-state index >= 15 is 0 Å². The van der Waals surface area contributed by atoms with Crippen LogP contribution in [0, 0.1) is 5.41 Å². The second-order valence-electron chi connectivity index (χ2n) is 5.74. The molecule has 1 atom stereocenters. The van der Waals surface area contributed by atoms with Gasteiger partial charge in [0.1, 0.15) is 0 Å². The molecule has 88 valence electrons. The normalized spacial score (nSPS) is 28.9. The molecule has 1 saturated carbocycles. The molecule has 1 aliphatic rings. The molecule has 2 rings (SSSR count). The lowest BCUT2D eigenvalue weighted by Crippen LogP contribution is -2.56. The number of pyridine rings is 1. The van der Waals surface area contributed by atoms with Crippen LogP contribution in [-0.4, -0.2) is 10.5 Å². The predicted octanol–water partition coefficient (Wildman–Crippen LogP) is 2.92. The monoisotopic (exact) mass is 218 g/mol. The summed E-state index contributed by atoms with van der Waals surface area (Å²) in [6, 6.07) is 6.08. The van der Waals surface area contributed by atoms with Crippen molar-refractivity contribution in [3.05, 3.63) is 30.1 Å². The summed E-state index contributed by atoms with van der Waals surface area (Å²) in [6.07, 6.45) is 7.68. The van der Waals surface area contributed by atoms with Gasteiger partial charge >= 0.3 is 0 Å². The van der Waals surface area contributed by atoms with Crippen LogP contribution in [0.1, 0.15) is 45.2 Å². The van der Waals surface area contributed by atoms with E-state index in [1.54, 1.807) is 0 Å². The maximum atomic E-state index is 6.63. The Balaban J connectivity index is 2.18. The predicted molar refractivity (Wildman–Crippen MR) is 67.1 cm³/mol. The van der Waals surface area contributed by atoms with Crippen molar-refractivity contribution in [3.63, 3.8) is 0 Å². The van der Waals surface area contributed by atoms with Gasteiger partial charge in [0.2, 0.25) is 0 Å². The fourth-order valence-electron chi connectivity index (χ4n) is 2.75. The van der Waals surface area contributed by atoms with Gasteiger partial charge in [-0.2, -0.15) is 0 Å². The first-order valence-electron chi connectivity index (χ1n) is 6.22. The molecule has 16 heavy (non-hydrogen) atoms. The molecular formula is C14H22N2. The highest BCUT2D eigenvalue weighted by molar-refractivity contribution is 5.12.